The number of alkyl halides is 3. The zero-order chi connectivity index (χ0) is 29.6. The normalized spacial score (nSPS) is 17.9. The molecule has 41 heavy (non-hydrogen) atoms. The van der Waals surface area contributed by atoms with E-state index in [0.29, 0.717) is 41.0 Å². The Morgan fingerprint density at radius 1 is 1.10 bits per heavy atom. The molecular weight excluding hydrogens is 540 g/mol. The Morgan fingerprint density at radius 2 is 1.83 bits per heavy atom. The van der Waals surface area contributed by atoms with Gasteiger partial charge in [0.1, 0.15) is 5.82 Å². The summed E-state index contributed by atoms with van der Waals surface area (Å²) >= 11 is 0. The molecule has 2 aliphatic carbocycles. The van der Waals surface area contributed by atoms with Crippen molar-refractivity contribution in [2.45, 2.75) is 75.3 Å². The summed E-state index contributed by atoms with van der Waals surface area (Å²) in [6.07, 6.45) is -2.88. The number of nitrogens with two attached hydrogens (primary N) is 1. The number of Topliss-reactive ketones (excluding diaryl/α,β-unsaturated/α-hetero) is 1. The van der Waals surface area contributed by atoms with E-state index in [1.54, 1.807) is 12.1 Å². The van der Waals surface area contributed by atoms with Crippen molar-refractivity contribution in [1.29, 1.82) is 0 Å². The lowest BCUT2D eigenvalue weighted by Gasteiger charge is -2.40. The van der Waals surface area contributed by atoms with Crippen LogP contribution in [0.3, 0.4) is 0 Å². The molecule has 3 N–H and O–H groups in total. The van der Waals surface area contributed by atoms with E-state index in [4.69, 9.17) is 15.2 Å². The second-order valence-corrected chi connectivity index (χ2v) is 11.1. The first-order valence-electron chi connectivity index (χ1n) is 13.6. The summed E-state index contributed by atoms with van der Waals surface area (Å²) in [4.78, 5) is 17.3. The van der Waals surface area contributed by atoms with Crippen LogP contribution in [0, 0.1) is 12.7 Å². The van der Waals surface area contributed by atoms with E-state index >= 15 is 0 Å². The van der Waals surface area contributed by atoms with E-state index in [2.05, 4.69) is 4.98 Å². The highest BCUT2D eigenvalue weighted by Crippen LogP contribution is 2.46. The summed E-state index contributed by atoms with van der Waals surface area (Å²) in [5, 5.41) is 11.2. The van der Waals surface area contributed by atoms with Crippen LogP contribution in [0.4, 0.5) is 17.6 Å². The van der Waals surface area contributed by atoms with Gasteiger partial charge in [0.15, 0.2) is 17.3 Å². The number of hydrogen-bond donors (Lipinski definition) is 2. The van der Waals surface area contributed by atoms with Gasteiger partial charge in [0.2, 0.25) is 5.60 Å². The minimum atomic E-state index is -5.16. The largest absolute Gasteiger partial charge is 0.493 e. The molecule has 0 spiro atoms. The molecule has 10 heteroatoms. The number of benzene rings is 2. The fourth-order valence-corrected chi connectivity index (χ4v) is 4.99. The zero-order valence-corrected chi connectivity index (χ0v) is 22.9. The first-order chi connectivity index (χ1) is 19.3. The molecule has 6 nitrogen and oxygen atoms in total. The van der Waals surface area contributed by atoms with Gasteiger partial charge in [-0.25, -0.2) is 9.37 Å². The fraction of sp³-hybridized carbons (Fsp3) is 0.419. The predicted molar refractivity (Wildman–Crippen MR) is 144 cm³/mol. The van der Waals surface area contributed by atoms with Crippen LogP contribution in [-0.4, -0.2) is 35.3 Å². The van der Waals surface area contributed by atoms with Crippen LogP contribution >= 0.6 is 0 Å². The van der Waals surface area contributed by atoms with Gasteiger partial charge in [-0.2, -0.15) is 13.2 Å². The molecule has 3 aromatic rings. The highest BCUT2D eigenvalue weighted by atomic mass is 19.4. The van der Waals surface area contributed by atoms with Crippen molar-refractivity contribution in [3.05, 3.63) is 76.7 Å². The average molecular weight is 573 g/mol. The first kappa shape index (κ1) is 29.0. The third kappa shape index (κ3) is 5.81. The number of aromatic nitrogens is 1. The minimum absolute atomic E-state index is 0.0896. The second-order valence-electron chi connectivity index (χ2n) is 11.1. The number of rotatable bonds is 10. The molecule has 2 saturated carbocycles. The van der Waals surface area contributed by atoms with Gasteiger partial charge in [-0.3, -0.25) is 4.79 Å². The van der Waals surface area contributed by atoms with Gasteiger partial charge in [0.25, 0.3) is 0 Å². The molecule has 0 radical (unpaired) electrons. The van der Waals surface area contributed by atoms with Crippen molar-refractivity contribution in [3.8, 4) is 22.8 Å². The molecule has 0 aliphatic heterocycles. The number of aryl methyl sites for hydroxylation is 1. The summed E-state index contributed by atoms with van der Waals surface area (Å²) in [5.41, 5.74) is 2.86. The van der Waals surface area contributed by atoms with Crippen LogP contribution in [0.1, 0.15) is 72.1 Å². The van der Waals surface area contributed by atoms with Gasteiger partial charge in [0, 0.05) is 23.1 Å². The SMILES string of the molecule is COc1cc(C(=O)CCC(O)(c2cc(C3(N)CCC3)cc(-c3ccc(F)c(C)c3)n2)C(F)(F)F)ccc1OC1CC1. The summed E-state index contributed by atoms with van der Waals surface area (Å²) in [6.45, 7) is 1.54. The van der Waals surface area contributed by atoms with Crippen LogP contribution in [0.25, 0.3) is 11.3 Å². The summed E-state index contributed by atoms with van der Waals surface area (Å²) in [7, 11) is 1.41. The van der Waals surface area contributed by atoms with E-state index in [-0.39, 0.29) is 17.4 Å². The number of carbonyl (C=O) groups is 1. The summed E-state index contributed by atoms with van der Waals surface area (Å²) < 4.78 is 68.8. The standard InChI is InChI=1S/C31H32F4N2O4/c1-18-14-19(4-8-23(18)32)24-16-21(29(36)11-3-12-29)17-28(37-24)30(39,31(33,34)35)13-10-25(38)20-5-9-26(27(15-20)40-2)41-22-6-7-22/h4-5,8-9,14-17,22,39H,3,6-7,10-13,36H2,1-2H3. The second kappa shape index (κ2) is 10.7. The number of methoxy groups -OCH3 is 1. The van der Waals surface area contributed by atoms with E-state index < -0.39 is 47.5 Å². The number of halogens is 4. The van der Waals surface area contributed by atoms with Gasteiger partial charge in [-0.15, -0.1) is 0 Å². The molecular formula is C31H32F4N2O4. The number of ketones is 1. The van der Waals surface area contributed by atoms with E-state index in [1.807, 2.05) is 0 Å². The quantitative estimate of drug-likeness (QED) is 0.213. The highest BCUT2D eigenvalue weighted by Gasteiger charge is 2.56. The molecule has 0 saturated heterocycles. The minimum Gasteiger partial charge on any atom is -0.493 e. The molecule has 218 valence electrons. The average Bonchev–Trinajstić information content (AvgIpc) is 3.75. The van der Waals surface area contributed by atoms with Crippen molar-refractivity contribution in [2.75, 3.05) is 7.11 Å². The Hall–Kier alpha value is -3.50. The number of ether oxygens (including phenoxy) is 2. The molecule has 2 fully saturated rings. The molecule has 1 aromatic heterocycles. The van der Waals surface area contributed by atoms with Crippen molar-refractivity contribution in [2.24, 2.45) is 5.73 Å². The maximum absolute atomic E-state index is 14.6. The monoisotopic (exact) mass is 572 g/mol. The number of aliphatic hydroxyl groups is 1. The number of pyridine rings is 1. The number of hydrogen-bond acceptors (Lipinski definition) is 6. The molecule has 2 aromatic carbocycles. The maximum atomic E-state index is 14.6. The maximum Gasteiger partial charge on any atom is 0.422 e. The summed E-state index contributed by atoms with van der Waals surface area (Å²) in [6, 6.07) is 11.3. The molecule has 1 unspecified atom stereocenters. The Balaban J connectivity index is 1.48. The zero-order valence-electron chi connectivity index (χ0n) is 22.9. The van der Waals surface area contributed by atoms with Crippen LogP contribution in [0.2, 0.25) is 0 Å². The van der Waals surface area contributed by atoms with Crippen molar-refractivity contribution >= 4 is 5.78 Å². The molecule has 5 rings (SSSR count). The Morgan fingerprint density at radius 3 is 2.41 bits per heavy atom. The fourth-order valence-electron chi connectivity index (χ4n) is 4.99. The lowest BCUT2D eigenvalue weighted by molar-refractivity contribution is -0.270. The van der Waals surface area contributed by atoms with Gasteiger partial charge >= 0.3 is 6.18 Å². The third-order valence-corrected chi connectivity index (χ3v) is 8.01. The Bertz CT molecular complexity index is 1470. The highest BCUT2D eigenvalue weighted by molar-refractivity contribution is 5.96. The molecule has 0 bridgehead atoms. The van der Waals surface area contributed by atoms with Crippen LogP contribution < -0.4 is 15.2 Å². The van der Waals surface area contributed by atoms with Gasteiger partial charge in [-0.05, 0) is 105 Å². The van der Waals surface area contributed by atoms with Crippen LogP contribution in [-0.2, 0) is 11.1 Å². The topological polar surface area (TPSA) is 94.7 Å². The van der Waals surface area contributed by atoms with Crippen molar-refractivity contribution < 1.29 is 36.9 Å². The smallest absolute Gasteiger partial charge is 0.422 e. The van der Waals surface area contributed by atoms with Gasteiger partial charge in [-0.1, -0.05) is 0 Å². The summed E-state index contributed by atoms with van der Waals surface area (Å²) in [5.74, 6) is -0.317. The van der Waals surface area contributed by atoms with E-state index in [1.165, 1.54) is 50.4 Å². The molecule has 1 atom stereocenters. The van der Waals surface area contributed by atoms with Crippen molar-refractivity contribution in [3.63, 3.8) is 0 Å². The Labute approximate surface area is 235 Å². The molecule has 0 amide bonds. The molecule has 1 heterocycles. The van der Waals surface area contributed by atoms with Gasteiger partial charge in [0.05, 0.1) is 24.6 Å². The predicted octanol–water partition coefficient (Wildman–Crippen LogP) is 6.50. The van der Waals surface area contributed by atoms with Gasteiger partial charge < -0.3 is 20.3 Å². The Kier molecular flexibility index (Phi) is 7.59. The van der Waals surface area contributed by atoms with Crippen LogP contribution in [0.5, 0.6) is 11.5 Å². The number of nitrogens with zero attached hydrogens (tertiary/aromatic N) is 1. The molecule has 2 aliphatic rings. The van der Waals surface area contributed by atoms with E-state index in [9.17, 15) is 27.5 Å². The van der Waals surface area contributed by atoms with Crippen LogP contribution in [0.15, 0.2) is 48.5 Å². The van der Waals surface area contributed by atoms with E-state index in [0.717, 1.165) is 19.3 Å². The number of carbonyl (C=O) groups excluding carboxylic acids is 1. The first-order valence-corrected chi connectivity index (χ1v) is 13.6. The van der Waals surface area contributed by atoms with Crippen molar-refractivity contribution in [1.82, 2.24) is 4.98 Å². The lowest BCUT2D eigenvalue weighted by Crippen LogP contribution is -2.46. The lowest BCUT2D eigenvalue weighted by atomic mass is 9.72. The third-order valence-electron chi connectivity index (χ3n) is 8.01.